The van der Waals surface area contributed by atoms with E-state index in [-0.39, 0.29) is 5.41 Å². The van der Waals surface area contributed by atoms with E-state index in [1.807, 2.05) is 0 Å². The molecule has 0 atom stereocenters. The molecule has 0 spiro atoms. The molecule has 1 aliphatic carbocycles. The zero-order valence-electron chi connectivity index (χ0n) is 20.5. The van der Waals surface area contributed by atoms with Gasteiger partial charge in [-0.25, -0.2) is 4.98 Å². The molecule has 1 heterocycles. The van der Waals surface area contributed by atoms with Gasteiger partial charge in [-0.2, -0.15) is 0 Å². The number of pyridine rings is 1. The molecule has 1 aliphatic rings. The summed E-state index contributed by atoms with van der Waals surface area (Å²) in [5.41, 5.74) is 15.0. The van der Waals surface area contributed by atoms with Gasteiger partial charge in [-0.15, -0.1) is 0 Å². The average molecular weight is 440 g/mol. The van der Waals surface area contributed by atoms with Crippen LogP contribution in [0.1, 0.15) is 41.7 Å². The van der Waals surface area contributed by atoms with E-state index in [0.29, 0.717) is 0 Å². The number of nitrogens with zero attached hydrogens (tertiary/aromatic N) is 1. The van der Waals surface area contributed by atoms with Gasteiger partial charge in [0, 0.05) is 16.4 Å². The van der Waals surface area contributed by atoms with Gasteiger partial charge < -0.3 is 0 Å². The number of fused-ring (bicyclic) bond motifs is 4. The largest absolute Gasteiger partial charge is 0.248 e. The Hall–Kier alpha value is -3.71. The van der Waals surface area contributed by atoms with E-state index in [4.69, 9.17) is 4.98 Å². The fourth-order valence-corrected chi connectivity index (χ4v) is 5.62. The molecule has 0 radical (unpaired) electrons. The van der Waals surface area contributed by atoms with Crippen molar-refractivity contribution in [3.05, 3.63) is 113 Å². The van der Waals surface area contributed by atoms with Gasteiger partial charge in [-0.1, -0.05) is 85.6 Å². The first kappa shape index (κ1) is 20.9. The van der Waals surface area contributed by atoms with Crippen LogP contribution in [0, 0.1) is 20.8 Å². The van der Waals surface area contributed by atoms with Crippen LogP contribution in [0.3, 0.4) is 0 Å². The van der Waals surface area contributed by atoms with E-state index in [1.54, 1.807) is 0 Å². The quantitative estimate of drug-likeness (QED) is 0.268. The SMILES string of the molecule is Cc1cccc(-c2cc(-c3cc(C)ccc3C)nc3cc4c(cc23)-c2ccccc2C4(C)C)c1. The van der Waals surface area contributed by atoms with Crippen LogP contribution in [0.4, 0.5) is 0 Å². The van der Waals surface area contributed by atoms with E-state index < -0.39 is 0 Å². The Bertz CT molecular complexity index is 1600. The first-order valence-corrected chi connectivity index (χ1v) is 12.1. The monoisotopic (exact) mass is 439 g/mol. The third-order valence-corrected chi connectivity index (χ3v) is 7.51. The Morgan fingerprint density at radius 2 is 1.38 bits per heavy atom. The van der Waals surface area contributed by atoms with Crippen molar-refractivity contribution >= 4 is 10.9 Å². The fourth-order valence-electron chi connectivity index (χ4n) is 5.62. The highest BCUT2D eigenvalue weighted by Gasteiger charge is 2.35. The maximum Gasteiger partial charge on any atom is 0.0719 e. The van der Waals surface area contributed by atoms with Gasteiger partial charge in [0.05, 0.1) is 11.2 Å². The van der Waals surface area contributed by atoms with E-state index in [0.717, 1.165) is 11.2 Å². The molecule has 0 saturated carbocycles. The molecule has 0 unspecified atom stereocenters. The Balaban J connectivity index is 1.71. The summed E-state index contributed by atoms with van der Waals surface area (Å²) in [6, 6.07) is 31.3. The lowest BCUT2D eigenvalue weighted by atomic mass is 9.82. The summed E-state index contributed by atoms with van der Waals surface area (Å²) < 4.78 is 0. The van der Waals surface area contributed by atoms with Crippen LogP contribution < -0.4 is 0 Å². The lowest BCUT2D eigenvalue weighted by Crippen LogP contribution is -2.14. The van der Waals surface area contributed by atoms with E-state index in [9.17, 15) is 0 Å². The minimum absolute atomic E-state index is 0.0411. The van der Waals surface area contributed by atoms with Gasteiger partial charge in [0.25, 0.3) is 0 Å². The van der Waals surface area contributed by atoms with Crippen molar-refractivity contribution in [3.8, 4) is 33.5 Å². The summed E-state index contributed by atoms with van der Waals surface area (Å²) in [5.74, 6) is 0. The summed E-state index contributed by atoms with van der Waals surface area (Å²) in [6.45, 7) is 11.2. The number of hydrogen-bond donors (Lipinski definition) is 0. The second-order valence-corrected chi connectivity index (χ2v) is 10.3. The van der Waals surface area contributed by atoms with Gasteiger partial charge in [-0.3, -0.25) is 0 Å². The minimum Gasteiger partial charge on any atom is -0.248 e. The molecule has 166 valence electrons. The van der Waals surface area contributed by atoms with E-state index in [2.05, 4.69) is 120 Å². The average Bonchev–Trinajstić information content (AvgIpc) is 3.05. The molecule has 4 aromatic carbocycles. The fraction of sp³-hybridized carbons (Fsp3) is 0.182. The van der Waals surface area contributed by atoms with Crippen LogP contribution in [-0.2, 0) is 5.41 Å². The summed E-state index contributed by atoms with van der Waals surface area (Å²) >= 11 is 0. The molecule has 1 nitrogen and oxygen atoms in total. The first-order valence-electron chi connectivity index (χ1n) is 12.1. The Morgan fingerprint density at radius 3 is 2.21 bits per heavy atom. The van der Waals surface area contributed by atoms with Crippen molar-refractivity contribution < 1.29 is 0 Å². The van der Waals surface area contributed by atoms with E-state index in [1.165, 1.54) is 61.0 Å². The Labute approximate surface area is 202 Å². The molecule has 0 amide bonds. The summed E-state index contributed by atoms with van der Waals surface area (Å²) in [7, 11) is 0. The zero-order valence-corrected chi connectivity index (χ0v) is 20.5. The van der Waals surface area contributed by atoms with Crippen LogP contribution in [0.2, 0.25) is 0 Å². The van der Waals surface area contributed by atoms with Gasteiger partial charge in [0.1, 0.15) is 0 Å². The van der Waals surface area contributed by atoms with Gasteiger partial charge in [-0.05, 0) is 84.0 Å². The molecule has 34 heavy (non-hydrogen) atoms. The van der Waals surface area contributed by atoms with Gasteiger partial charge >= 0.3 is 0 Å². The molecule has 0 aliphatic heterocycles. The molecular formula is C33H29N. The Kier molecular flexibility index (Phi) is 4.54. The highest BCUT2D eigenvalue weighted by Crippen LogP contribution is 2.50. The van der Waals surface area contributed by atoms with Crippen LogP contribution in [0.15, 0.2) is 84.9 Å². The summed E-state index contributed by atoms with van der Waals surface area (Å²) in [5, 5.41) is 1.21. The third-order valence-electron chi connectivity index (χ3n) is 7.51. The number of aryl methyl sites for hydroxylation is 3. The lowest BCUT2D eigenvalue weighted by molar-refractivity contribution is 0.661. The number of hydrogen-bond acceptors (Lipinski definition) is 1. The van der Waals surface area contributed by atoms with Crippen LogP contribution >= 0.6 is 0 Å². The highest BCUT2D eigenvalue weighted by molar-refractivity contribution is 6.01. The summed E-state index contributed by atoms with van der Waals surface area (Å²) in [4.78, 5) is 5.26. The smallest absolute Gasteiger partial charge is 0.0719 e. The standard InChI is InChI=1S/C33H29N/c1-20-9-8-10-23(15-20)26-18-31(25-16-21(2)13-14-22(25)3)34-32-19-30-27(17-28(26)32)24-11-6-7-12-29(24)33(30,4)5/h6-19H,1-5H3. The molecule has 5 aromatic rings. The van der Waals surface area contributed by atoms with Crippen molar-refractivity contribution in [1.29, 1.82) is 0 Å². The second kappa shape index (κ2) is 7.40. The molecule has 0 saturated heterocycles. The topological polar surface area (TPSA) is 12.9 Å². The molecule has 1 heteroatoms. The van der Waals surface area contributed by atoms with Crippen molar-refractivity contribution in [3.63, 3.8) is 0 Å². The normalized spacial score (nSPS) is 13.7. The first-order chi connectivity index (χ1) is 16.3. The van der Waals surface area contributed by atoms with E-state index >= 15 is 0 Å². The molecule has 6 rings (SSSR count). The zero-order chi connectivity index (χ0) is 23.6. The maximum absolute atomic E-state index is 5.26. The summed E-state index contributed by atoms with van der Waals surface area (Å²) in [6.07, 6.45) is 0. The van der Waals surface area contributed by atoms with Crippen LogP contribution in [-0.4, -0.2) is 4.98 Å². The molecule has 1 aromatic heterocycles. The Morgan fingerprint density at radius 1 is 0.588 bits per heavy atom. The third kappa shape index (κ3) is 3.11. The number of rotatable bonds is 2. The molecule has 0 N–H and O–H groups in total. The lowest BCUT2D eigenvalue weighted by Gasteiger charge is -2.22. The molecule has 0 fully saturated rings. The van der Waals surface area contributed by atoms with Crippen LogP contribution in [0.25, 0.3) is 44.4 Å². The van der Waals surface area contributed by atoms with Gasteiger partial charge in [0.2, 0.25) is 0 Å². The maximum atomic E-state index is 5.26. The van der Waals surface area contributed by atoms with Crippen molar-refractivity contribution in [2.24, 2.45) is 0 Å². The molecular weight excluding hydrogens is 410 g/mol. The van der Waals surface area contributed by atoms with Crippen molar-refractivity contribution in [2.45, 2.75) is 40.0 Å². The predicted octanol–water partition coefficient (Wildman–Crippen LogP) is 8.80. The predicted molar refractivity (Wildman–Crippen MR) is 144 cm³/mol. The highest BCUT2D eigenvalue weighted by atomic mass is 14.7. The van der Waals surface area contributed by atoms with Crippen molar-refractivity contribution in [2.75, 3.05) is 0 Å². The van der Waals surface area contributed by atoms with Crippen LogP contribution in [0.5, 0.6) is 0 Å². The molecule has 0 bridgehead atoms. The van der Waals surface area contributed by atoms with Crippen molar-refractivity contribution in [1.82, 2.24) is 4.98 Å². The second-order valence-electron chi connectivity index (χ2n) is 10.3. The van der Waals surface area contributed by atoms with Gasteiger partial charge in [0.15, 0.2) is 0 Å². The number of benzene rings is 4. The number of aromatic nitrogens is 1. The minimum atomic E-state index is -0.0411.